The summed E-state index contributed by atoms with van der Waals surface area (Å²) in [6, 6.07) is 9.66. The lowest BCUT2D eigenvalue weighted by Crippen LogP contribution is -2.41. The van der Waals surface area contributed by atoms with Crippen LogP contribution in [-0.2, 0) is 9.31 Å². The summed E-state index contributed by atoms with van der Waals surface area (Å²) in [6.07, 6.45) is 0. The van der Waals surface area contributed by atoms with Crippen molar-refractivity contribution in [1.82, 2.24) is 0 Å². The van der Waals surface area contributed by atoms with Crippen molar-refractivity contribution in [1.29, 1.82) is 0 Å². The van der Waals surface area contributed by atoms with E-state index in [-0.39, 0.29) is 17.0 Å². The fourth-order valence-corrected chi connectivity index (χ4v) is 2.65. The third-order valence-electron chi connectivity index (χ3n) is 4.63. The molecule has 4 heteroatoms. The second-order valence-corrected chi connectivity index (χ2v) is 6.85. The Kier molecular flexibility index (Phi) is 3.08. The van der Waals surface area contributed by atoms with Crippen molar-refractivity contribution in [2.75, 3.05) is 0 Å². The molecule has 0 atom stereocenters. The molecule has 1 aliphatic rings. The van der Waals surface area contributed by atoms with E-state index in [1.54, 1.807) is 12.1 Å². The highest BCUT2D eigenvalue weighted by atomic mass is 16.7. The first-order valence-electron chi connectivity index (χ1n) is 7.28. The molecule has 0 unspecified atom stereocenters. The van der Waals surface area contributed by atoms with Gasteiger partial charge in [-0.1, -0.05) is 23.8 Å². The van der Waals surface area contributed by atoms with Crippen LogP contribution in [0.4, 0.5) is 0 Å². The van der Waals surface area contributed by atoms with E-state index in [1.165, 1.54) is 5.56 Å². The van der Waals surface area contributed by atoms with Crippen molar-refractivity contribution >= 4 is 23.4 Å². The monoisotopic (exact) mass is 284 g/mol. The molecule has 3 rings (SSSR count). The van der Waals surface area contributed by atoms with Crippen LogP contribution in [-0.4, -0.2) is 23.4 Å². The molecule has 21 heavy (non-hydrogen) atoms. The van der Waals surface area contributed by atoms with Crippen LogP contribution in [0.15, 0.2) is 30.3 Å². The molecule has 1 N–H and O–H groups in total. The molecule has 2 aromatic carbocycles. The van der Waals surface area contributed by atoms with Gasteiger partial charge in [-0.3, -0.25) is 0 Å². The van der Waals surface area contributed by atoms with Crippen LogP contribution in [0.3, 0.4) is 0 Å². The normalized spacial score (nSPS) is 20.1. The van der Waals surface area contributed by atoms with E-state index in [1.807, 2.05) is 39.8 Å². The fourth-order valence-electron chi connectivity index (χ4n) is 2.65. The Balaban J connectivity index is 2.15. The van der Waals surface area contributed by atoms with Gasteiger partial charge in [0.15, 0.2) is 0 Å². The van der Waals surface area contributed by atoms with E-state index in [2.05, 4.69) is 13.0 Å². The van der Waals surface area contributed by atoms with Gasteiger partial charge in [-0.25, -0.2) is 0 Å². The molecule has 1 aliphatic heterocycles. The maximum atomic E-state index is 9.99. The molecule has 0 spiro atoms. The molecule has 2 aromatic rings. The summed E-state index contributed by atoms with van der Waals surface area (Å²) in [5.41, 5.74) is 1.27. The predicted molar refractivity (Wildman–Crippen MR) is 86.1 cm³/mol. The first kappa shape index (κ1) is 14.4. The lowest BCUT2D eigenvalue weighted by atomic mass is 9.75. The fraction of sp³-hybridized carbons (Fsp3) is 0.412. The molecule has 0 aromatic heterocycles. The van der Waals surface area contributed by atoms with Crippen LogP contribution in [0.5, 0.6) is 5.75 Å². The molecule has 1 fully saturated rings. The highest BCUT2D eigenvalue weighted by Gasteiger charge is 2.52. The lowest BCUT2D eigenvalue weighted by molar-refractivity contribution is 0.00578. The average Bonchev–Trinajstić information content (AvgIpc) is 2.58. The summed E-state index contributed by atoms with van der Waals surface area (Å²) in [4.78, 5) is 0. The predicted octanol–water partition coefficient (Wildman–Crippen LogP) is 3.15. The first-order valence-corrected chi connectivity index (χ1v) is 7.28. The Morgan fingerprint density at radius 2 is 1.57 bits per heavy atom. The minimum atomic E-state index is -0.466. The summed E-state index contributed by atoms with van der Waals surface area (Å²) < 4.78 is 12.2. The summed E-state index contributed by atoms with van der Waals surface area (Å²) in [6.45, 7) is 10.2. The third kappa shape index (κ3) is 2.32. The topological polar surface area (TPSA) is 38.7 Å². The Bertz CT molecular complexity index is 690. The van der Waals surface area contributed by atoms with Gasteiger partial charge in [0.25, 0.3) is 0 Å². The van der Waals surface area contributed by atoms with Crippen LogP contribution in [0.25, 0.3) is 10.8 Å². The number of hydrogen-bond acceptors (Lipinski definition) is 3. The minimum absolute atomic E-state index is 0.232. The molecule has 1 heterocycles. The number of aromatic hydroxyl groups is 1. The smallest absolute Gasteiger partial charge is 0.495 e. The van der Waals surface area contributed by atoms with E-state index >= 15 is 0 Å². The highest BCUT2D eigenvalue weighted by Crippen LogP contribution is 2.37. The van der Waals surface area contributed by atoms with Gasteiger partial charge in [0.2, 0.25) is 0 Å². The van der Waals surface area contributed by atoms with Crippen molar-refractivity contribution in [3.8, 4) is 5.75 Å². The number of benzene rings is 2. The lowest BCUT2D eigenvalue weighted by Gasteiger charge is -2.32. The molecular weight excluding hydrogens is 263 g/mol. The zero-order valence-corrected chi connectivity index (χ0v) is 13.2. The van der Waals surface area contributed by atoms with Crippen molar-refractivity contribution in [3.05, 3.63) is 35.9 Å². The van der Waals surface area contributed by atoms with Crippen LogP contribution < -0.4 is 5.46 Å². The number of rotatable bonds is 1. The zero-order valence-electron chi connectivity index (χ0n) is 13.2. The Morgan fingerprint density at radius 1 is 0.952 bits per heavy atom. The molecule has 3 nitrogen and oxygen atoms in total. The Labute approximate surface area is 126 Å². The van der Waals surface area contributed by atoms with E-state index in [0.29, 0.717) is 0 Å². The number of fused-ring (bicyclic) bond motifs is 1. The molecule has 0 aliphatic carbocycles. The second kappa shape index (κ2) is 4.49. The number of aryl methyl sites for hydroxylation is 1. The number of phenols is 1. The van der Waals surface area contributed by atoms with Crippen LogP contribution in [0, 0.1) is 6.92 Å². The minimum Gasteiger partial charge on any atom is -0.508 e. The van der Waals surface area contributed by atoms with E-state index < -0.39 is 7.12 Å². The first-order chi connectivity index (χ1) is 9.69. The van der Waals surface area contributed by atoms with Gasteiger partial charge in [-0.15, -0.1) is 0 Å². The standard InChI is InChI=1S/C17H21BO3/c1-11-6-7-12-9-13(19)10-15(14(12)8-11)18-20-16(2,3)17(4,5)21-18/h6-10,19H,1-5H3. The van der Waals surface area contributed by atoms with E-state index in [9.17, 15) is 5.11 Å². The summed E-state index contributed by atoms with van der Waals surface area (Å²) in [7, 11) is -0.466. The molecule has 1 saturated heterocycles. The van der Waals surface area contributed by atoms with Gasteiger partial charge in [0.05, 0.1) is 11.2 Å². The summed E-state index contributed by atoms with van der Waals surface area (Å²) in [5, 5.41) is 12.0. The van der Waals surface area contributed by atoms with Gasteiger partial charge >= 0.3 is 7.12 Å². The number of phenolic OH excluding ortho intramolecular Hbond substituents is 1. The zero-order chi connectivity index (χ0) is 15.4. The third-order valence-corrected chi connectivity index (χ3v) is 4.63. The molecule has 0 saturated carbocycles. The number of hydrogen-bond donors (Lipinski definition) is 1. The summed E-state index contributed by atoms with van der Waals surface area (Å²) in [5.74, 6) is 0.232. The van der Waals surface area contributed by atoms with Crippen LogP contribution >= 0.6 is 0 Å². The van der Waals surface area contributed by atoms with Crippen molar-refractivity contribution < 1.29 is 14.4 Å². The Morgan fingerprint density at radius 3 is 2.19 bits per heavy atom. The molecule has 0 radical (unpaired) electrons. The molecular formula is C17H21BO3. The van der Waals surface area contributed by atoms with Gasteiger partial charge in [-0.2, -0.15) is 0 Å². The van der Waals surface area contributed by atoms with Crippen molar-refractivity contribution in [2.24, 2.45) is 0 Å². The second-order valence-electron chi connectivity index (χ2n) is 6.85. The van der Waals surface area contributed by atoms with Crippen molar-refractivity contribution in [2.45, 2.75) is 45.8 Å². The molecule has 0 bridgehead atoms. The highest BCUT2D eigenvalue weighted by molar-refractivity contribution is 6.65. The molecule has 110 valence electrons. The largest absolute Gasteiger partial charge is 0.508 e. The average molecular weight is 284 g/mol. The summed E-state index contributed by atoms with van der Waals surface area (Å²) >= 11 is 0. The van der Waals surface area contributed by atoms with E-state index in [0.717, 1.165) is 16.2 Å². The van der Waals surface area contributed by atoms with Gasteiger partial charge in [-0.05, 0) is 63.0 Å². The van der Waals surface area contributed by atoms with Crippen molar-refractivity contribution in [3.63, 3.8) is 0 Å². The Hall–Kier alpha value is -1.52. The SMILES string of the molecule is Cc1ccc2cc(O)cc(B3OC(C)(C)C(C)(C)O3)c2c1. The van der Waals surface area contributed by atoms with Gasteiger partial charge in [0.1, 0.15) is 5.75 Å². The maximum Gasteiger partial charge on any atom is 0.495 e. The maximum absolute atomic E-state index is 9.99. The van der Waals surface area contributed by atoms with E-state index in [4.69, 9.17) is 9.31 Å². The molecule has 0 amide bonds. The van der Waals surface area contributed by atoms with Crippen LogP contribution in [0.1, 0.15) is 33.3 Å². The quantitative estimate of drug-likeness (QED) is 0.817. The van der Waals surface area contributed by atoms with Crippen LogP contribution in [0.2, 0.25) is 0 Å². The van der Waals surface area contributed by atoms with Gasteiger partial charge < -0.3 is 14.4 Å². The van der Waals surface area contributed by atoms with Gasteiger partial charge in [0, 0.05) is 0 Å².